The topological polar surface area (TPSA) is 95.5 Å². The van der Waals surface area contributed by atoms with Crippen LogP contribution in [-0.2, 0) is 14.4 Å². The monoisotopic (exact) mass is 300 g/mol. The largest absolute Gasteiger partial charge is 0.481 e. The van der Waals surface area contributed by atoms with Crippen molar-refractivity contribution in [3.05, 3.63) is 0 Å². The van der Waals surface area contributed by atoms with Gasteiger partial charge in [-0.1, -0.05) is 13.8 Å². The van der Waals surface area contributed by atoms with Gasteiger partial charge < -0.3 is 15.7 Å². The average molecular weight is 300 g/mol. The van der Waals surface area contributed by atoms with E-state index < -0.39 is 11.5 Å². The van der Waals surface area contributed by atoms with Gasteiger partial charge in [-0.2, -0.15) is 0 Å². The zero-order valence-corrected chi connectivity index (χ0v) is 13.7. The lowest BCUT2D eigenvalue weighted by molar-refractivity contribution is -0.139. The van der Waals surface area contributed by atoms with Crippen LogP contribution in [0.25, 0.3) is 0 Å². The van der Waals surface area contributed by atoms with E-state index in [4.69, 9.17) is 5.11 Å². The van der Waals surface area contributed by atoms with Gasteiger partial charge in [0.25, 0.3) is 0 Å². The highest BCUT2D eigenvalue weighted by Gasteiger charge is 2.32. The van der Waals surface area contributed by atoms with E-state index in [1.54, 1.807) is 6.92 Å². The third-order valence-corrected chi connectivity index (χ3v) is 3.48. The van der Waals surface area contributed by atoms with Crippen molar-refractivity contribution in [2.75, 3.05) is 0 Å². The summed E-state index contributed by atoms with van der Waals surface area (Å²) in [6.45, 7) is 9.24. The van der Waals surface area contributed by atoms with Crippen molar-refractivity contribution >= 4 is 17.8 Å². The van der Waals surface area contributed by atoms with Crippen molar-refractivity contribution < 1.29 is 19.5 Å². The number of hydrogen-bond donors (Lipinski definition) is 3. The molecule has 6 nitrogen and oxygen atoms in total. The first-order chi connectivity index (χ1) is 9.56. The molecule has 3 N–H and O–H groups in total. The molecule has 0 aliphatic heterocycles. The van der Waals surface area contributed by atoms with Crippen molar-refractivity contribution in [3.8, 4) is 0 Å². The number of rotatable bonds is 9. The molecule has 0 radical (unpaired) electrons. The quantitative estimate of drug-likeness (QED) is 0.604. The molecule has 122 valence electrons. The minimum atomic E-state index is -0.942. The number of carbonyl (C=O) groups is 3. The Morgan fingerprint density at radius 1 is 1.05 bits per heavy atom. The molecule has 0 aromatic carbocycles. The number of carboxylic acid groups (broad SMARTS) is 1. The average Bonchev–Trinajstić information content (AvgIpc) is 2.25. The van der Waals surface area contributed by atoms with Gasteiger partial charge in [-0.25, -0.2) is 0 Å². The van der Waals surface area contributed by atoms with Gasteiger partial charge in [0.15, 0.2) is 0 Å². The normalized spacial score (nSPS) is 13.9. The molecule has 0 fully saturated rings. The van der Waals surface area contributed by atoms with Crippen LogP contribution in [0, 0.1) is 5.92 Å². The summed E-state index contributed by atoms with van der Waals surface area (Å²) in [5, 5.41) is 14.5. The van der Waals surface area contributed by atoms with E-state index in [2.05, 4.69) is 10.6 Å². The van der Waals surface area contributed by atoms with Crippen LogP contribution in [0.2, 0.25) is 0 Å². The molecule has 0 bridgehead atoms. The predicted octanol–water partition coefficient (Wildman–Crippen LogP) is 1.69. The summed E-state index contributed by atoms with van der Waals surface area (Å²) in [7, 11) is 0. The highest BCUT2D eigenvalue weighted by molar-refractivity contribution is 5.80. The molecule has 0 aromatic heterocycles. The summed E-state index contributed by atoms with van der Waals surface area (Å²) >= 11 is 0. The first-order valence-corrected chi connectivity index (χ1v) is 7.39. The number of hydrogen-bond acceptors (Lipinski definition) is 3. The lowest BCUT2D eigenvalue weighted by Crippen LogP contribution is -2.51. The Morgan fingerprint density at radius 2 is 1.57 bits per heavy atom. The number of carboxylic acids is 1. The van der Waals surface area contributed by atoms with E-state index >= 15 is 0 Å². The summed E-state index contributed by atoms with van der Waals surface area (Å²) in [6.07, 6.45) is 0.840. The smallest absolute Gasteiger partial charge is 0.305 e. The van der Waals surface area contributed by atoms with Crippen LogP contribution >= 0.6 is 0 Å². The molecule has 1 unspecified atom stereocenters. The molecule has 6 heteroatoms. The first kappa shape index (κ1) is 19.4. The number of carbonyl (C=O) groups excluding carboxylic acids is 2. The van der Waals surface area contributed by atoms with Gasteiger partial charge in [0.05, 0.1) is 6.42 Å². The fourth-order valence-electron chi connectivity index (χ4n) is 1.89. The fourth-order valence-corrected chi connectivity index (χ4v) is 1.89. The van der Waals surface area contributed by atoms with E-state index in [0.29, 0.717) is 12.8 Å². The van der Waals surface area contributed by atoms with Crippen LogP contribution in [0.3, 0.4) is 0 Å². The Kier molecular flexibility index (Phi) is 7.99. The summed E-state index contributed by atoms with van der Waals surface area (Å²) < 4.78 is 0. The van der Waals surface area contributed by atoms with Crippen molar-refractivity contribution in [2.24, 2.45) is 5.92 Å². The molecule has 0 aliphatic carbocycles. The van der Waals surface area contributed by atoms with Crippen LogP contribution in [0.1, 0.15) is 60.3 Å². The Balaban J connectivity index is 4.28. The van der Waals surface area contributed by atoms with E-state index in [1.807, 2.05) is 27.7 Å². The molecule has 0 rings (SSSR count). The zero-order chi connectivity index (χ0) is 16.6. The van der Waals surface area contributed by atoms with E-state index in [0.717, 1.165) is 0 Å². The van der Waals surface area contributed by atoms with Gasteiger partial charge >= 0.3 is 5.97 Å². The zero-order valence-electron chi connectivity index (χ0n) is 13.7. The number of amides is 2. The molecule has 1 atom stereocenters. The van der Waals surface area contributed by atoms with Crippen LogP contribution in [-0.4, -0.2) is 34.5 Å². The van der Waals surface area contributed by atoms with Crippen LogP contribution < -0.4 is 10.6 Å². The van der Waals surface area contributed by atoms with Crippen LogP contribution in [0.4, 0.5) is 0 Å². The number of nitrogens with one attached hydrogen (secondary N) is 2. The van der Waals surface area contributed by atoms with E-state index in [9.17, 15) is 14.4 Å². The predicted molar refractivity (Wildman–Crippen MR) is 80.8 cm³/mol. The minimum Gasteiger partial charge on any atom is -0.481 e. The molecule has 0 saturated heterocycles. The Bertz CT molecular complexity index is 380. The maximum Gasteiger partial charge on any atom is 0.305 e. The molecule has 0 saturated carbocycles. The Hall–Kier alpha value is -1.59. The molecule has 0 heterocycles. The van der Waals surface area contributed by atoms with Gasteiger partial charge in [-0.15, -0.1) is 0 Å². The summed E-state index contributed by atoms with van der Waals surface area (Å²) in [6, 6.07) is 0.0890. The summed E-state index contributed by atoms with van der Waals surface area (Å²) in [4.78, 5) is 34.3. The Labute approximate surface area is 126 Å². The van der Waals surface area contributed by atoms with Crippen LogP contribution in [0.15, 0.2) is 0 Å². The van der Waals surface area contributed by atoms with Crippen molar-refractivity contribution in [1.82, 2.24) is 10.6 Å². The minimum absolute atomic E-state index is 0.00166. The summed E-state index contributed by atoms with van der Waals surface area (Å²) in [5.74, 6) is -1.23. The fraction of sp³-hybridized carbons (Fsp3) is 0.800. The maximum atomic E-state index is 11.9. The molecule has 0 spiro atoms. The third kappa shape index (κ3) is 8.32. The molecular formula is C15H28N2O4. The van der Waals surface area contributed by atoms with Crippen LogP contribution in [0.5, 0.6) is 0 Å². The van der Waals surface area contributed by atoms with Crippen molar-refractivity contribution in [1.29, 1.82) is 0 Å². The highest BCUT2D eigenvalue weighted by atomic mass is 16.4. The second-order valence-corrected chi connectivity index (χ2v) is 6.27. The Morgan fingerprint density at radius 3 is 2.00 bits per heavy atom. The molecule has 0 aliphatic rings. The van der Waals surface area contributed by atoms with Gasteiger partial charge in [-0.05, 0) is 33.1 Å². The van der Waals surface area contributed by atoms with E-state index in [-0.39, 0.29) is 36.6 Å². The third-order valence-electron chi connectivity index (χ3n) is 3.48. The lowest BCUT2D eigenvalue weighted by Gasteiger charge is -2.33. The number of aliphatic carboxylic acids is 1. The highest BCUT2D eigenvalue weighted by Crippen LogP contribution is 2.21. The molecule has 2 amide bonds. The lowest BCUT2D eigenvalue weighted by atomic mass is 9.85. The van der Waals surface area contributed by atoms with Crippen molar-refractivity contribution in [3.63, 3.8) is 0 Å². The summed E-state index contributed by atoms with van der Waals surface area (Å²) in [5.41, 5.74) is -0.775. The second kappa shape index (κ2) is 8.64. The standard InChI is InChI=1S/C15H28N2O4/c1-10(2)15(5,9-14(20)21)17-13(19)8-6-7-12(18)16-11(3)4/h10-11H,6-9H2,1-5H3,(H,16,18)(H,17,19)(H,20,21). The van der Waals surface area contributed by atoms with Crippen molar-refractivity contribution in [2.45, 2.75) is 71.9 Å². The van der Waals surface area contributed by atoms with Gasteiger partial charge in [0.1, 0.15) is 0 Å². The van der Waals surface area contributed by atoms with Gasteiger partial charge in [-0.3, -0.25) is 14.4 Å². The molecule has 0 aromatic rings. The molecular weight excluding hydrogens is 272 g/mol. The SMILES string of the molecule is CC(C)NC(=O)CCCC(=O)NC(C)(CC(=O)O)C(C)C. The second-order valence-electron chi connectivity index (χ2n) is 6.27. The first-order valence-electron chi connectivity index (χ1n) is 7.39. The van der Waals surface area contributed by atoms with E-state index in [1.165, 1.54) is 0 Å². The maximum absolute atomic E-state index is 11.9. The van der Waals surface area contributed by atoms with Gasteiger partial charge in [0.2, 0.25) is 11.8 Å². The van der Waals surface area contributed by atoms with Gasteiger partial charge in [0, 0.05) is 24.4 Å². The molecule has 21 heavy (non-hydrogen) atoms.